The Morgan fingerprint density at radius 3 is 2.48 bits per heavy atom. The second-order valence-corrected chi connectivity index (χ2v) is 6.63. The van der Waals surface area contributed by atoms with E-state index in [0.29, 0.717) is 5.92 Å². The Bertz CT molecular complexity index is 708. The summed E-state index contributed by atoms with van der Waals surface area (Å²) in [7, 11) is 0. The molecule has 0 aliphatic carbocycles. The van der Waals surface area contributed by atoms with E-state index in [1.54, 1.807) is 0 Å². The van der Waals surface area contributed by atoms with E-state index in [2.05, 4.69) is 50.8 Å². The minimum atomic E-state index is 0.339. The zero-order valence-electron chi connectivity index (χ0n) is 15.5. The Morgan fingerprint density at radius 1 is 1.08 bits per heavy atom. The van der Waals surface area contributed by atoms with E-state index in [0.717, 1.165) is 61.8 Å². The van der Waals surface area contributed by atoms with Gasteiger partial charge < -0.3 is 15.1 Å². The molecule has 2 aromatic heterocycles. The summed E-state index contributed by atoms with van der Waals surface area (Å²) in [6.45, 7) is 12.8. The summed E-state index contributed by atoms with van der Waals surface area (Å²) >= 11 is 0. The SMILES string of the molecule is CCNc1cc(C)nc(N2CCN(c3ccnc(C(C)C)n3)CC2)n1. The first-order valence-corrected chi connectivity index (χ1v) is 8.99. The molecule has 1 aliphatic heterocycles. The number of hydrogen-bond acceptors (Lipinski definition) is 7. The van der Waals surface area contributed by atoms with Crippen LogP contribution in [0.25, 0.3) is 0 Å². The van der Waals surface area contributed by atoms with Crippen molar-refractivity contribution in [1.29, 1.82) is 0 Å². The van der Waals surface area contributed by atoms with Crippen LogP contribution < -0.4 is 15.1 Å². The molecule has 0 saturated carbocycles. The average molecular weight is 341 g/mol. The maximum atomic E-state index is 4.70. The predicted molar refractivity (Wildman–Crippen MR) is 101 cm³/mol. The molecule has 2 aromatic rings. The fraction of sp³-hybridized carbons (Fsp3) is 0.556. The molecule has 1 aliphatic rings. The molecular formula is C18H27N7. The zero-order valence-corrected chi connectivity index (χ0v) is 15.5. The van der Waals surface area contributed by atoms with Crippen LogP contribution in [0, 0.1) is 6.92 Å². The Kier molecular flexibility index (Phi) is 5.31. The highest BCUT2D eigenvalue weighted by Crippen LogP contribution is 2.19. The quantitative estimate of drug-likeness (QED) is 0.896. The molecule has 0 bridgehead atoms. The number of rotatable bonds is 5. The van der Waals surface area contributed by atoms with E-state index in [1.807, 2.05) is 25.3 Å². The largest absolute Gasteiger partial charge is 0.370 e. The minimum Gasteiger partial charge on any atom is -0.370 e. The van der Waals surface area contributed by atoms with E-state index in [1.165, 1.54) is 0 Å². The molecule has 3 heterocycles. The number of nitrogens with one attached hydrogen (secondary N) is 1. The fourth-order valence-electron chi connectivity index (χ4n) is 2.92. The van der Waals surface area contributed by atoms with Crippen molar-refractivity contribution in [1.82, 2.24) is 19.9 Å². The Labute approximate surface area is 149 Å². The average Bonchev–Trinajstić information content (AvgIpc) is 2.62. The normalized spacial score (nSPS) is 14.9. The maximum absolute atomic E-state index is 4.70. The summed E-state index contributed by atoms with van der Waals surface area (Å²) in [5.41, 5.74) is 0.987. The van der Waals surface area contributed by atoms with Crippen molar-refractivity contribution in [3.8, 4) is 0 Å². The minimum absolute atomic E-state index is 0.339. The van der Waals surface area contributed by atoms with E-state index >= 15 is 0 Å². The summed E-state index contributed by atoms with van der Waals surface area (Å²) in [5, 5.41) is 3.27. The van der Waals surface area contributed by atoms with Gasteiger partial charge in [0.2, 0.25) is 5.95 Å². The summed E-state index contributed by atoms with van der Waals surface area (Å²) in [6, 6.07) is 3.98. The summed E-state index contributed by atoms with van der Waals surface area (Å²) in [4.78, 5) is 22.9. The van der Waals surface area contributed by atoms with Crippen LogP contribution in [0.3, 0.4) is 0 Å². The predicted octanol–water partition coefficient (Wildman–Crippen LogP) is 2.46. The van der Waals surface area contributed by atoms with Crippen LogP contribution >= 0.6 is 0 Å². The molecule has 0 aromatic carbocycles. The molecule has 3 rings (SSSR count). The van der Waals surface area contributed by atoms with Gasteiger partial charge in [0.15, 0.2) is 0 Å². The molecule has 0 atom stereocenters. The number of aromatic nitrogens is 4. The van der Waals surface area contributed by atoms with E-state index < -0.39 is 0 Å². The highest BCUT2D eigenvalue weighted by atomic mass is 15.3. The van der Waals surface area contributed by atoms with Crippen LogP contribution in [0.2, 0.25) is 0 Å². The van der Waals surface area contributed by atoms with E-state index in [9.17, 15) is 0 Å². The second-order valence-electron chi connectivity index (χ2n) is 6.63. The molecule has 25 heavy (non-hydrogen) atoms. The molecule has 0 unspecified atom stereocenters. The van der Waals surface area contributed by atoms with Crippen LogP contribution in [-0.2, 0) is 0 Å². The van der Waals surface area contributed by atoms with Crippen LogP contribution in [-0.4, -0.2) is 52.7 Å². The molecule has 1 N–H and O–H groups in total. The van der Waals surface area contributed by atoms with Crippen molar-refractivity contribution in [2.24, 2.45) is 0 Å². The van der Waals surface area contributed by atoms with Gasteiger partial charge in [-0.05, 0) is 19.9 Å². The number of nitrogens with zero attached hydrogens (tertiary/aromatic N) is 6. The van der Waals surface area contributed by atoms with Gasteiger partial charge in [-0.1, -0.05) is 13.8 Å². The highest BCUT2D eigenvalue weighted by molar-refractivity contribution is 5.46. The van der Waals surface area contributed by atoms with Crippen molar-refractivity contribution in [3.05, 3.63) is 29.8 Å². The lowest BCUT2D eigenvalue weighted by Gasteiger charge is -2.35. The van der Waals surface area contributed by atoms with Crippen LogP contribution in [0.15, 0.2) is 18.3 Å². The third kappa shape index (κ3) is 4.15. The monoisotopic (exact) mass is 341 g/mol. The smallest absolute Gasteiger partial charge is 0.227 e. The molecule has 1 saturated heterocycles. The van der Waals surface area contributed by atoms with Gasteiger partial charge >= 0.3 is 0 Å². The lowest BCUT2D eigenvalue weighted by Crippen LogP contribution is -2.47. The van der Waals surface area contributed by atoms with Gasteiger partial charge in [-0.15, -0.1) is 0 Å². The maximum Gasteiger partial charge on any atom is 0.227 e. The Balaban J connectivity index is 1.69. The van der Waals surface area contributed by atoms with Crippen molar-refractivity contribution < 1.29 is 0 Å². The van der Waals surface area contributed by atoms with Crippen LogP contribution in [0.4, 0.5) is 17.6 Å². The molecule has 0 radical (unpaired) electrons. The van der Waals surface area contributed by atoms with Crippen LogP contribution in [0.5, 0.6) is 0 Å². The molecule has 134 valence electrons. The van der Waals surface area contributed by atoms with Crippen LogP contribution in [0.1, 0.15) is 38.2 Å². The standard InChI is InChI=1S/C18H27N7/c1-5-19-15-12-14(4)21-18(22-15)25-10-8-24(9-11-25)16-6-7-20-17(23-16)13(2)3/h6-7,12-13H,5,8-11H2,1-4H3,(H,19,21,22). The van der Waals surface area contributed by atoms with Gasteiger partial charge in [0.05, 0.1) is 0 Å². The number of aryl methyl sites for hydroxylation is 1. The van der Waals surface area contributed by atoms with Gasteiger partial charge in [0, 0.05) is 56.6 Å². The van der Waals surface area contributed by atoms with E-state index in [4.69, 9.17) is 4.98 Å². The van der Waals surface area contributed by atoms with Gasteiger partial charge in [-0.25, -0.2) is 15.0 Å². The van der Waals surface area contributed by atoms with Crippen molar-refractivity contribution >= 4 is 17.6 Å². The Hall–Kier alpha value is -2.44. The highest BCUT2D eigenvalue weighted by Gasteiger charge is 2.21. The molecule has 0 amide bonds. The number of hydrogen-bond donors (Lipinski definition) is 1. The van der Waals surface area contributed by atoms with Crippen molar-refractivity contribution in [3.63, 3.8) is 0 Å². The molecule has 7 heteroatoms. The first-order valence-electron chi connectivity index (χ1n) is 8.99. The van der Waals surface area contributed by atoms with Crippen molar-refractivity contribution in [2.75, 3.05) is 47.8 Å². The van der Waals surface area contributed by atoms with Crippen molar-refractivity contribution in [2.45, 2.75) is 33.6 Å². The summed E-state index contributed by atoms with van der Waals surface area (Å²) < 4.78 is 0. The van der Waals surface area contributed by atoms with E-state index in [-0.39, 0.29) is 0 Å². The number of piperazine rings is 1. The lowest BCUT2D eigenvalue weighted by atomic mass is 10.2. The number of anilines is 3. The Morgan fingerprint density at radius 2 is 1.80 bits per heavy atom. The second kappa shape index (κ2) is 7.63. The molecule has 7 nitrogen and oxygen atoms in total. The van der Waals surface area contributed by atoms with Gasteiger partial charge in [-0.3, -0.25) is 0 Å². The fourth-order valence-corrected chi connectivity index (χ4v) is 2.92. The summed E-state index contributed by atoms with van der Waals surface area (Å²) in [5.74, 6) is 3.95. The molecule has 1 fully saturated rings. The first-order chi connectivity index (χ1) is 12.1. The van der Waals surface area contributed by atoms with Gasteiger partial charge in [0.25, 0.3) is 0 Å². The van der Waals surface area contributed by atoms with Gasteiger partial charge in [0.1, 0.15) is 17.5 Å². The lowest BCUT2D eigenvalue weighted by molar-refractivity contribution is 0.629. The third-order valence-electron chi connectivity index (χ3n) is 4.26. The summed E-state index contributed by atoms with van der Waals surface area (Å²) in [6.07, 6.45) is 1.86. The third-order valence-corrected chi connectivity index (χ3v) is 4.26. The zero-order chi connectivity index (χ0) is 17.8. The topological polar surface area (TPSA) is 70.1 Å². The molecular weight excluding hydrogens is 314 g/mol. The van der Waals surface area contributed by atoms with Gasteiger partial charge in [-0.2, -0.15) is 4.98 Å². The molecule has 0 spiro atoms. The first kappa shape index (κ1) is 17.4.